The first-order valence-corrected chi connectivity index (χ1v) is 7.96. The summed E-state index contributed by atoms with van der Waals surface area (Å²) in [5.74, 6) is -2.27. The van der Waals surface area contributed by atoms with Crippen molar-refractivity contribution in [1.82, 2.24) is 5.32 Å². The van der Waals surface area contributed by atoms with Gasteiger partial charge in [-0.25, -0.2) is 8.78 Å². The summed E-state index contributed by atoms with van der Waals surface area (Å²) < 4.78 is 26.7. The van der Waals surface area contributed by atoms with Crippen molar-refractivity contribution in [3.8, 4) is 0 Å². The van der Waals surface area contributed by atoms with E-state index in [2.05, 4.69) is 5.32 Å². The Hall–Kier alpha value is -3.01. The predicted molar refractivity (Wildman–Crippen MR) is 95.9 cm³/mol. The first-order valence-electron chi connectivity index (χ1n) is 7.96. The lowest BCUT2D eigenvalue weighted by atomic mass is 10.0. The number of nitrogens with one attached hydrogen (secondary N) is 1. The van der Waals surface area contributed by atoms with Crippen molar-refractivity contribution < 1.29 is 13.6 Å². The van der Waals surface area contributed by atoms with Gasteiger partial charge in [0.1, 0.15) is 0 Å². The van der Waals surface area contributed by atoms with Gasteiger partial charge in [-0.3, -0.25) is 4.79 Å². The van der Waals surface area contributed by atoms with E-state index in [-0.39, 0.29) is 17.5 Å². The van der Waals surface area contributed by atoms with Crippen LogP contribution in [0.25, 0.3) is 16.8 Å². The first-order chi connectivity index (χ1) is 12.0. The van der Waals surface area contributed by atoms with Crippen LogP contribution >= 0.6 is 0 Å². The quantitative estimate of drug-likeness (QED) is 0.666. The third kappa shape index (κ3) is 3.91. The number of carbonyl (C=O) groups excluding carboxylic acids is 1. The first kappa shape index (κ1) is 16.8. The fourth-order valence-electron chi connectivity index (χ4n) is 2.64. The molecule has 4 heteroatoms. The second kappa shape index (κ2) is 7.26. The molecule has 0 fully saturated rings. The Morgan fingerprint density at radius 3 is 2.56 bits per heavy atom. The molecular weight excluding hydrogens is 320 g/mol. The van der Waals surface area contributed by atoms with E-state index < -0.39 is 11.6 Å². The molecule has 0 aliphatic heterocycles. The Labute approximate surface area is 144 Å². The zero-order chi connectivity index (χ0) is 17.8. The Morgan fingerprint density at radius 2 is 1.76 bits per heavy atom. The van der Waals surface area contributed by atoms with Gasteiger partial charge in [0.15, 0.2) is 11.6 Å². The minimum atomic E-state index is -0.964. The van der Waals surface area contributed by atoms with E-state index in [0.717, 1.165) is 22.4 Å². The molecule has 1 N–H and O–H groups in total. The Bertz CT molecular complexity index is 950. The highest BCUT2D eigenvalue weighted by Crippen LogP contribution is 2.20. The van der Waals surface area contributed by atoms with Crippen LogP contribution in [0.5, 0.6) is 0 Å². The standard InChI is InChI=1S/C21H17F2NO/c1-14(17-10-9-15-5-2-3-6-18(15)13-17)24-20(25)12-11-16-7-4-8-19(22)21(16)23/h2-14H,1H3,(H,24,25)/b12-11+. The minimum Gasteiger partial charge on any atom is -0.346 e. The van der Waals surface area contributed by atoms with Crippen LogP contribution in [0.15, 0.2) is 66.7 Å². The Morgan fingerprint density at radius 1 is 1.00 bits per heavy atom. The topological polar surface area (TPSA) is 29.1 Å². The number of rotatable bonds is 4. The molecule has 0 aliphatic carbocycles. The monoisotopic (exact) mass is 337 g/mol. The van der Waals surface area contributed by atoms with Crippen molar-refractivity contribution in [2.75, 3.05) is 0 Å². The van der Waals surface area contributed by atoms with Crippen molar-refractivity contribution in [3.05, 3.63) is 89.5 Å². The number of amides is 1. The van der Waals surface area contributed by atoms with E-state index in [4.69, 9.17) is 0 Å². The summed E-state index contributed by atoms with van der Waals surface area (Å²) in [5.41, 5.74) is 1.01. The summed E-state index contributed by atoms with van der Waals surface area (Å²) in [4.78, 5) is 12.0. The minimum absolute atomic E-state index is 0.0357. The van der Waals surface area contributed by atoms with Crippen molar-refractivity contribution >= 4 is 22.8 Å². The van der Waals surface area contributed by atoms with E-state index in [9.17, 15) is 13.6 Å². The summed E-state index contributed by atoms with van der Waals surface area (Å²) in [6.07, 6.45) is 2.47. The molecule has 3 rings (SSSR count). The highest BCUT2D eigenvalue weighted by Gasteiger charge is 2.09. The van der Waals surface area contributed by atoms with E-state index in [1.807, 2.05) is 49.4 Å². The number of carbonyl (C=O) groups is 1. The molecule has 0 spiro atoms. The molecule has 0 heterocycles. The van der Waals surface area contributed by atoms with Crippen LogP contribution in [0, 0.1) is 11.6 Å². The fourth-order valence-corrected chi connectivity index (χ4v) is 2.64. The van der Waals surface area contributed by atoms with Crippen LogP contribution < -0.4 is 5.32 Å². The predicted octanol–water partition coefficient (Wildman–Crippen LogP) is 5.01. The van der Waals surface area contributed by atoms with E-state index in [0.29, 0.717) is 0 Å². The number of fused-ring (bicyclic) bond motifs is 1. The number of halogens is 2. The maximum atomic E-state index is 13.6. The summed E-state index contributed by atoms with van der Waals surface area (Å²) in [7, 11) is 0. The Kier molecular flexibility index (Phi) is 4.89. The van der Waals surface area contributed by atoms with Crippen molar-refractivity contribution in [2.45, 2.75) is 13.0 Å². The van der Waals surface area contributed by atoms with Gasteiger partial charge in [-0.05, 0) is 41.5 Å². The fraction of sp³-hybridized carbons (Fsp3) is 0.0952. The molecule has 0 aromatic heterocycles. The van der Waals surface area contributed by atoms with Gasteiger partial charge < -0.3 is 5.32 Å². The average molecular weight is 337 g/mol. The van der Waals surface area contributed by atoms with Gasteiger partial charge in [0.2, 0.25) is 5.91 Å². The molecular formula is C21H17F2NO. The largest absolute Gasteiger partial charge is 0.346 e. The van der Waals surface area contributed by atoms with Gasteiger partial charge in [-0.15, -0.1) is 0 Å². The van der Waals surface area contributed by atoms with Gasteiger partial charge in [0.05, 0.1) is 6.04 Å². The summed E-state index contributed by atoms with van der Waals surface area (Å²) >= 11 is 0. The number of hydrogen-bond acceptors (Lipinski definition) is 1. The zero-order valence-electron chi connectivity index (χ0n) is 13.7. The van der Waals surface area contributed by atoms with E-state index in [1.165, 1.54) is 24.3 Å². The second-order valence-electron chi connectivity index (χ2n) is 5.81. The van der Waals surface area contributed by atoms with Crippen LogP contribution in [-0.2, 0) is 4.79 Å². The van der Waals surface area contributed by atoms with Crippen molar-refractivity contribution in [1.29, 1.82) is 0 Å². The van der Waals surface area contributed by atoms with Gasteiger partial charge in [-0.2, -0.15) is 0 Å². The summed E-state index contributed by atoms with van der Waals surface area (Å²) in [6, 6.07) is 17.6. The van der Waals surface area contributed by atoms with Crippen LogP contribution in [0.1, 0.15) is 24.1 Å². The summed E-state index contributed by atoms with van der Waals surface area (Å²) in [6.45, 7) is 1.87. The molecule has 3 aromatic rings. The smallest absolute Gasteiger partial charge is 0.244 e. The summed E-state index contributed by atoms with van der Waals surface area (Å²) in [5, 5.41) is 5.05. The lowest BCUT2D eigenvalue weighted by Crippen LogP contribution is -2.24. The van der Waals surface area contributed by atoms with Crippen LogP contribution in [-0.4, -0.2) is 5.91 Å². The highest BCUT2D eigenvalue weighted by atomic mass is 19.2. The van der Waals surface area contributed by atoms with Gasteiger partial charge >= 0.3 is 0 Å². The number of benzene rings is 3. The molecule has 1 amide bonds. The molecule has 0 bridgehead atoms. The molecule has 25 heavy (non-hydrogen) atoms. The van der Waals surface area contributed by atoms with Crippen LogP contribution in [0.2, 0.25) is 0 Å². The second-order valence-corrected chi connectivity index (χ2v) is 5.81. The van der Waals surface area contributed by atoms with Gasteiger partial charge in [0, 0.05) is 11.6 Å². The molecule has 1 unspecified atom stereocenters. The molecule has 1 atom stereocenters. The molecule has 0 aliphatic rings. The Balaban J connectivity index is 1.71. The van der Waals surface area contributed by atoms with E-state index in [1.54, 1.807) is 0 Å². The molecule has 126 valence electrons. The lowest BCUT2D eigenvalue weighted by Gasteiger charge is -2.14. The lowest BCUT2D eigenvalue weighted by molar-refractivity contribution is -0.117. The van der Waals surface area contributed by atoms with Crippen LogP contribution in [0.4, 0.5) is 8.78 Å². The molecule has 0 saturated carbocycles. The molecule has 2 nitrogen and oxygen atoms in total. The van der Waals surface area contributed by atoms with E-state index >= 15 is 0 Å². The maximum absolute atomic E-state index is 13.6. The van der Waals surface area contributed by atoms with Gasteiger partial charge in [-0.1, -0.05) is 48.5 Å². The molecule has 3 aromatic carbocycles. The third-order valence-corrected chi connectivity index (χ3v) is 4.03. The average Bonchev–Trinajstić information content (AvgIpc) is 2.62. The number of hydrogen-bond donors (Lipinski definition) is 1. The SMILES string of the molecule is CC(NC(=O)/C=C/c1cccc(F)c1F)c1ccc2ccccc2c1. The van der Waals surface area contributed by atoms with Crippen LogP contribution in [0.3, 0.4) is 0 Å². The van der Waals surface area contributed by atoms with Crippen molar-refractivity contribution in [2.24, 2.45) is 0 Å². The third-order valence-electron chi connectivity index (χ3n) is 4.03. The molecule has 0 radical (unpaired) electrons. The molecule has 0 saturated heterocycles. The van der Waals surface area contributed by atoms with Gasteiger partial charge in [0.25, 0.3) is 0 Å². The zero-order valence-corrected chi connectivity index (χ0v) is 13.7. The normalized spacial score (nSPS) is 12.4. The maximum Gasteiger partial charge on any atom is 0.244 e. The van der Waals surface area contributed by atoms with Crippen molar-refractivity contribution in [3.63, 3.8) is 0 Å². The highest BCUT2D eigenvalue weighted by molar-refractivity contribution is 5.92.